The molecule has 0 spiro atoms. The molecule has 0 bridgehead atoms. The second kappa shape index (κ2) is 17.3. The molecule has 1 aliphatic heterocycles. The first kappa shape index (κ1) is 38.3. The Kier molecular flexibility index (Phi) is 14.1. The Hall–Kier alpha value is -3.15. The van der Waals surface area contributed by atoms with Gasteiger partial charge in [0.25, 0.3) is 26.1 Å². The molecule has 0 saturated heterocycles. The van der Waals surface area contributed by atoms with Gasteiger partial charge in [-0.25, -0.2) is 4.79 Å². The number of amides is 2. The molecule has 47 heavy (non-hydrogen) atoms. The third-order valence-corrected chi connectivity index (χ3v) is 9.62. The minimum atomic E-state index is -4.79. The number of hydrogen-bond acceptors (Lipinski definition) is 10. The van der Waals surface area contributed by atoms with Crippen LogP contribution in [-0.2, 0) is 29.8 Å². The average molecular weight is 735 g/mol. The Morgan fingerprint density at radius 3 is 2.11 bits per heavy atom. The summed E-state index contributed by atoms with van der Waals surface area (Å²) in [6.45, 7) is 3.82. The van der Waals surface area contributed by atoms with E-state index < -0.39 is 58.8 Å². The Labute approximate surface area is 284 Å². The molecule has 3 N–H and O–H groups in total. The lowest BCUT2D eigenvalue weighted by molar-refractivity contribution is -0.117. The summed E-state index contributed by atoms with van der Waals surface area (Å²) in [5.41, 5.74) is -0.322. The van der Waals surface area contributed by atoms with E-state index in [9.17, 15) is 35.5 Å². The maximum Gasteiger partial charge on any atom is 0.411 e. The summed E-state index contributed by atoms with van der Waals surface area (Å²) >= 11 is 12.1. The summed E-state index contributed by atoms with van der Waals surface area (Å²) in [5.74, 6) is -0.804. The van der Waals surface area contributed by atoms with Crippen LogP contribution in [0.4, 0.5) is 21.9 Å². The van der Waals surface area contributed by atoms with Crippen molar-refractivity contribution in [1.82, 2.24) is 0 Å². The molecular formula is C29H37Cl2N5O9S2. The number of halogens is 2. The summed E-state index contributed by atoms with van der Waals surface area (Å²) < 4.78 is 71.3. The number of rotatable bonds is 17. The predicted molar refractivity (Wildman–Crippen MR) is 178 cm³/mol. The van der Waals surface area contributed by atoms with Gasteiger partial charge in [-0.2, -0.15) is 37.2 Å². The van der Waals surface area contributed by atoms with E-state index >= 15 is 0 Å². The van der Waals surface area contributed by atoms with Crippen molar-refractivity contribution in [2.45, 2.75) is 93.9 Å². The number of ether oxygens (including phenoxy) is 1. The van der Waals surface area contributed by atoms with E-state index in [0.29, 0.717) is 6.42 Å². The molecule has 3 rings (SSSR count). The van der Waals surface area contributed by atoms with Crippen LogP contribution in [0.3, 0.4) is 0 Å². The Morgan fingerprint density at radius 1 is 0.915 bits per heavy atom. The molecule has 0 unspecified atom stereocenters. The summed E-state index contributed by atoms with van der Waals surface area (Å²) in [4.78, 5) is 24.2. The lowest BCUT2D eigenvalue weighted by Gasteiger charge is -2.15. The van der Waals surface area contributed by atoms with Crippen LogP contribution in [0.1, 0.15) is 78.1 Å². The predicted octanol–water partition coefficient (Wildman–Crippen LogP) is 7.83. The molecule has 0 aromatic heterocycles. The van der Waals surface area contributed by atoms with Gasteiger partial charge < -0.3 is 4.74 Å². The molecule has 0 saturated carbocycles. The van der Waals surface area contributed by atoms with E-state index in [1.165, 1.54) is 51.5 Å². The highest BCUT2D eigenvalue weighted by molar-refractivity contribution is 7.86. The van der Waals surface area contributed by atoms with Crippen LogP contribution in [0, 0.1) is 0 Å². The van der Waals surface area contributed by atoms with Crippen molar-refractivity contribution in [3.05, 3.63) is 40.4 Å². The van der Waals surface area contributed by atoms with Gasteiger partial charge in [0.2, 0.25) is 0 Å². The highest BCUT2D eigenvalue weighted by Gasteiger charge is 2.36. The molecule has 18 heteroatoms. The molecule has 1 heterocycles. The first-order valence-electron chi connectivity index (χ1n) is 14.9. The topological polar surface area (TPSA) is 204 Å². The quantitative estimate of drug-likeness (QED) is 0.0821. The smallest absolute Gasteiger partial charge is 0.411 e. The van der Waals surface area contributed by atoms with Crippen molar-refractivity contribution in [1.29, 1.82) is 0 Å². The van der Waals surface area contributed by atoms with E-state index in [1.807, 2.05) is 0 Å². The van der Waals surface area contributed by atoms with Crippen molar-refractivity contribution in [2.24, 2.45) is 15.3 Å². The van der Waals surface area contributed by atoms with E-state index in [2.05, 4.69) is 27.6 Å². The molecule has 0 fully saturated rings. The monoisotopic (exact) mass is 733 g/mol. The number of nitrogens with zero attached hydrogens (tertiary/aromatic N) is 4. The van der Waals surface area contributed by atoms with Crippen LogP contribution in [0.25, 0.3) is 0 Å². The van der Waals surface area contributed by atoms with Crippen LogP contribution in [0.15, 0.2) is 55.5 Å². The highest BCUT2D eigenvalue weighted by atomic mass is 35.5. The average Bonchev–Trinajstić information content (AvgIpc) is 3.26. The maximum atomic E-state index is 13.2. The van der Waals surface area contributed by atoms with Crippen LogP contribution >= 0.6 is 23.2 Å². The third kappa shape index (κ3) is 11.2. The van der Waals surface area contributed by atoms with Crippen LogP contribution in [0.5, 0.6) is 0 Å². The number of anilines is 2. The van der Waals surface area contributed by atoms with Gasteiger partial charge in [0, 0.05) is 5.69 Å². The first-order chi connectivity index (χ1) is 22.1. The van der Waals surface area contributed by atoms with Gasteiger partial charge in [-0.15, -0.1) is 0 Å². The second-order valence-electron chi connectivity index (χ2n) is 10.8. The van der Waals surface area contributed by atoms with Crippen molar-refractivity contribution >= 4 is 78.2 Å². The zero-order chi connectivity index (χ0) is 34.8. The number of azo groups is 1. The fourth-order valence-electron chi connectivity index (χ4n) is 4.66. The van der Waals surface area contributed by atoms with Gasteiger partial charge in [0.1, 0.15) is 15.5 Å². The Bertz CT molecular complexity index is 1740. The molecule has 2 aromatic carbocycles. The number of carbonyl (C=O) groups excluding carboxylic acids is 2. The van der Waals surface area contributed by atoms with Crippen molar-refractivity contribution in [3.8, 4) is 0 Å². The molecule has 0 aliphatic carbocycles. The van der Waals surface area contributed by atoms with E-state index in [0.717, 1.165) is 48.5 Å². The number of carbonyl (C=O) groups is 2. The van der Waals surface area contributed by atoms with Crippen LogP contribution < -0.4 is 10.3 Å². The first-order valence-corrected chi connectivity index (χ1v) is 18.6. The Morgan fingerprint density at radius 2 is 1.51 bits per heavy atom. The van der Waals surface area contributed by atoms with Gasteiger partial charge in [0.05, 0.1) is 28.1 Å². The molecule has 14 nitrogen and oxygen atoms in total. The van der Waals surface area contributed by atoms with Crippen LogP contribution in [0.2, 0.25) is 10.0 Å². The minimum absolute atomic E-state index is 0.0875. The molecule has 1 aliphatic rings. The number of hydrazone groups is 1. The normalized spacial score (nSPS) is 15.4. The summed E-state index contributed by atoms with van der Waals surface area (Å²) in [7, 11) is -9.49. The maximum absolute atomic E-state index is 13.2. The number of hydrogen-bond donors (Lipinski definition) is 3. The lowest BCUT2D eigenvalue weighted by atomic mass is 10.1. The third-order valence-electron chi connectivity index (χ3n) is 7.10. The van der Waals surface area contributed by atoms with Gasteiger partial charge in [-0.05, 0) is 43.7 Å². The molecule has 0 radical (unpaired) electrons. The van der Waals surface area contributed by atoms with Gasteiger partial charge in [-0.1, -0.05) is 87.9 Å². The van der Waals surface area contributed by atoms with E-state index in [1.54, 1.807) is 0 Å². The summed E-state index contributed by atoms with van der Waals surface area (Å²) in [6, 6.07) is 3.85. The zero-order valence-corrected chi connectivity index (χ0v) is 29.0. The highest BCUT2D eigenvalue weighted by Crippen LogP contribution is 2.37. The van der Waals surface area contributed by atoms with Gasteiger partial charge in [-0.3, -0.25) is 19.2 Å². The second-order valence-corrected chi connectivity index (χ2v) is 14.4. The number of nitrogens with one attached hydrogen (secondary N) is 1. The van der Waals surface area contributed by atoms with Gasteiger partial charge >= 0.3 is 6.09 Å². The SMILES string of the molecule is CCCCCCCCCCCCOC(=O)Nc1ccc(S(=O)(=O)O)c(N=N[C@H]2C(=O)N(c3cc(Cl)c(S(=O)(=O)O)cc3Cl)N=C2C)c1. The van der Waals surface area contributed by atoms with Gasteiger partial charge in [0.15, 0.2) is 6.04 Å². The van der Waals surface area contributed by atoms with Crippen molar-refractivity contribution in [3.63, 3.8) is 0 Å². The van der Waals surface area contributed by atoms with Crippen molar-refractivity contribution < 1.29 is 40.3 Å². The molecule has 2 aromatic rings. The van der Waals surface area contributed by atoms with E-state index in [4.69, 9.17) is 27.9 Å². The largest absolute Gasteiger partial charge is 0.449 e. The zero-order valence-electron chi connectivity index (χ0n) is 25.9. The standard InChI is InChI=1S/C29H37Cl2N5O9S2/c1-3-4-5-6-7-8-9-10-11-12-15-45-29(38)32-20-13-14-25(46(39,40)41)23(16-20)33-34-27-19(2)35-36(28(27)37)24-17-22(31)26(18-21(24)30)47(42,43)44/h13-14,16-18,27H,3-12,15H2,1-2H3,(H,32,38)(H,39,40,41)(H,42,43,44)/t27-/m1/s1. The number of benzene rings is 2. The number of unbranched alkanes of at least 4 members (excludes halogenated alkanes) is 9. The summed E-state index contributed by atoms with van der Waals surface area (Å²) in [6.07, 6.45) is 10.5. The lowest BCUT2D eigenvalue weighted by Crippen LogP contribution is -2.30. The fraction of sp³-hybridized carbons (Fsp3) is 0.483. The summed E-state index contributed by atoms with van der Waals surface area (Å²) in [5, 5.41) is 14.4. The van der Waals surface area contributed by atoms with Crippen molar-refractivity contribution in [2.75, 3.05) is 16.9 Å². The molecule has 2 amide bonds. The van der Waals surface area contributed by atoms with E-state index in [-0.39, 0.29) is 28.7 Å². The van der Waals surface area contributed by atoms with Crippen LogP contribution in [-0.4, -0.2) is 56.3 Å². The Balaban J connectivity index is 1.64. The minimum Gasteiger partial charge on any atom is -0.449 e. The fourth-order valence-corrected chi connectivity index (χ4v) is 6.59. The molecule has 1 atom stereocenters. The molecular weight excluding hydrogens is 697 g/mol. The molecule has 258 valence electrons.